The Labute approximate surface area is 181 Å². The Morgan fingerprint density at radius 1 is 1.23 bits per heavy atom. The number of aromatic nitrogens is 3. The largest absolute Gasteiger partial charge is 0.335 e. The second-order valence-corrected chi connectivity index (χ2v) is 14.0. The number of amides is 1. The number of rotatable bonds is 2. The summed E-state index contributed by atoms with van der Waals surface area (Å²) >= 11 is 6.46. The van der Waals surface area contributed by atoms with Crippen LogP contribution in [0, 0.1) is 11.5 Å². The molecule has 2 aromatic heterocycles. The van der Waals surface area contributed by atoms with E-state index in [9.17, 15) is 9.59 Å². The van der Waals surface area contributed by atoms with Crippen LogP contribution < -0.4 is 16.2 Å². The number of carbonyl (C=O) groups is 1. The number of carbonyl (C=O) groups excluding carboxylic acids is 1. The number of halogens is 1. The van der Waals surface area contributed by atoms with Crippen molar-refractivity contribution in [2.75, 3.05) is 5.32 Å². The molecule has 9 heteroatoms. The van der Waals surface area contributed by atoms with Crippen molar-refractivity contribution in [2.45, 2.75) is 57.4 Å². The van der Waals surface area contributed by atoms with Crippen LogP contribution >= 0.6 is 11.6 Å². The average Bonchev–Trinajstić information content (AvgIpc) is 2.97. The van der Waals surface area contributed by atoms with Gasteiger partial charge in [-0.15, -0.1) is 5.54 Å². The second kappa shape index (κ2) is 7.56. The molecule has 1 aliphatic heterocycles. The number of hydrogen-bond acceptors (Lipinski definition) is 5. The normalized spacial score (nSPS) is 17.1. The third kappa shape index (κ3) is 3.75. The first-order chi connectivity index (χ1) is 14.2. The van der Waals surface area contributed by atoms with Crippen molar-refractivity contribution < 1.29 is 4.79 Å². The molecule has 0 aromatic carbocycles. The van der Waals surface area contributed by atoms with Crippen LogP contribution in [0.2, 0.25) is 24.7 Å². The van der Waals surface area contributed by atoms with Gasteiger partial charge in [0.2, 0.25) is 0 Å². The van der Waals surface area contributed by atoms with E-state index in [4.69, 9.17) is 11.6 Å². The molecule has 156 valence electrons. The summed E-state index contributed by atoms with van der Waals surface area (Å²) in [6.07, 6.45) is 7.45. The third-order valence-electron chi connectivity index (χ3n) is 5.36. The number of fused-ring (bicyclic) bond motifs is 2. The topological polar surface area (TPSA) is 88.9 Å². The predicted octanol–water partition coefficient (Wildman–Crippen LogP) is 3.62. The molecule has 2 aliphatic rings. The first-order valence-corrected chi connectivity index (χ1v) is 14.0. The summed E-state index contributed by atoms with van der Waals surface area (Å²) in [5.41, 5.74) is 3.41. The van der Waals surface area contributed by atoms with Crippen molar-refractivity contribution in [1.29, 1.82) is 0 Å². The van der Waals surface area contributed by atoms with E-state index in [0.717, 1.165) is 19.3 Å². The SMILES string of the molecule is C[Si](C)(C)C#Cc1cncnc1Nc1cc(Cl)c2n(c1=O)C1(CCCCC1)NC2=O. The molecule has 0 saturated heterocycles. The van der Waals surface area contributed by atoms with Gasteiger partial charge in [-0.2, -0.15) is 0 Å². The highest BCUT2D eigenvalue weighted by molar-refractivity contribution is 6.83. The predicted molar refractivity (Wildman–Crippen MR) is 120 cm³/mol. The molecule has 30 heavy (non-hydrogen) atoms. The lowest BCUT2D eigenvalue weighted by atomic mass is 9.89. The molecule has 3 heterocycles. The average molecular weight is 442 g/mol. The molecule has 1 fully saturated rings. The van der Waals surface area contributed by atoms with Crippen LogP contribution in [0.1, 0.15) is 48.2 Å². The van der Waals surface area contributed by atoms with Crippen LogP contribution in [0.4, 0.5) is 11.5 Å². The van der Waals surface area contributed by atoms with Crippen LogP contribution in [0.25, 0.3) is 0 Å². The highest BCUT2D eigenvalue weighted by Crippen LogP contribution is 2.38. The Hall–Kier alpha value is -2.63. The van der Waals surface area contributed by atoms with Crippen molar-refractivity contribution in [3.8, 4) is 11.5 Å². The Morgan fingerprint density at radius 2 is 1.97 bits per heavy atom. The van der Waals surface area contributed by atoms with Gasteiger partial charge in [-0.3, -0.25) is 14.2 Å². The molecular weight excluding hydrogens is 418 g/mol. The molecule has 2 N–H and O–H groups in total. The van der Waals surface area contributed by atoms with Gasteiger partial charge in [-0.25, -0.2) is 9.97 Å². The zero-order valence-corrected chi connectivity index (χ0v) is 19.1. The van der Waals surface area contributed by atoms with E-state index in [1.54, 1.807) is 10.8 Å². The summed E-state index contributed by atoms with van der Waals surface area (Å²) in [5.74, 6) is 3.29. The van der Waals surface area contributed by atoms with E-state index >= 15 is 0 Å². The summed E-state index contributed by atoms with van der Waals surface area (Å²) in [6.45, 7) is 6.45. The molecule has 0 atom stereocenters. The van der Waals surface area contributed by atoms with Gasteiger partial charge in [0, 0.05) is 6.20 Å². The monoisotopic (exact) mass is 441 g/mol. The van der Waals surface area contributed by atoms with Crippen LogP contribution in [-0.2, 0) is 5.66 Å². The van der Waals surface area contributed by atoms with Gasteiger partial charge in [0.25, 0.3) is 11.5 Å². The minimum Gasteiger partial charge on any atom is -0.335 e. The maximum absolute atomic E-state index is 13.4. The molecular formula is C21H24ClN5O2Si. The van der Waals surface area contributed by atoms with Gasteiger partial charge < -0.3 is 10.6 Å². The highest BCUT2D eigenvalue weighted by atomic mass is 35.5. The van der Waals surface area contributed by atoms with E-state index in [1.165, 1.54) is 12.4 Å². The standard InChI is InChI=1S/C21H24ClN5O2Si/c1-30(2,3)10-7-14-12-23-13-24-18(14)25-16-11-15(22)17-19(28)26-21(27(17)20(16)29)8-5-4-6-9-21/h11-13H,4-6,8-9H2,1-3H3,(H,26,28)(H,23,24,25). The fourth-order valence-corrected chi connectivity index (χ4v) is 4.80. The van der Waals surface area contributed by atoms with Gasteiger partial charge in [-0.05, 0) is 31.7 Å². The molecule has 0 bridgehead atoms. The molecule has 0 unspecified atom stereocenters. The first-order valence-electron chi connectivity index (χ1n) is 10.1. The lowest BCUT2D eigenvalue weighted by molar-refractivity contribution is 0.0877. The molecule has 1 saturated carbocycles. The smallest absolute Gasteiger partial charge is 0.276 e. The summed E-state index contributed by atoms with van der Waals surface area (Å²) in [5, 5.41) is 6.35. The number of nitrogens with one attached hydrogen (secondary N) is 2. The van der Waals surface area contributed by atoms with Crippen molar-refractivity contribution in [3.05, 3.63) is 45.2 Å². The Bertz CT molecular complexity index is 1140. The molecule has 7 nitrogen and oxygen atoms in total. The van der Waals surface area contributed by atoms with E-state index in [1.807, 2.05) is 0 Å². The Morgan fingerprint density at radius 3 is 2.67 bits per heavy atom. The second-order valence-electron chi connectivity index (χ2n) is 8.85. The van der Waals surface area contributed by atoms with Crippen molar-refractivity contribution in [2.24, 2.45) is 0 Å². The zero-order chi connectivity index (χ0) is 21.5. The van der Waals surface area contributed by atoms with E-state index in [-0.39, 0.29) is 27.9 Å². The van der Waals surface area contributed by atoms with Crippen LogP contribution in [0.15, 0.2) is 23.4 Å². The highest BCUT2D eigenvalue weighted by Gasteiger charge is 2.45. The van der Waals surface area contributed by atoms with Gasteiger partial charge in [0.15, 0.2) is 0 Å². The number of anilines is 2. The Kier molecular flexibility index (Phi) is 5.20. The summed E-state index contributed by atoms with van der Waals surface area (Å²) in [4.78, 5) is 34.4. The lowest BCUT2D eigenvalue weighted by Crippen LogP contribution is -2.48. The van der Waals surface area contributed by atoms with Crippen molar-refractivity contribution >= 4 is 37.1 Å². The quantitative estimate of drug-likeness (QED) is 0.548. The number of pyridine rings is 1. The fraction of sp³-hybridized carbons (Fsp3) is 0.429. The summed E-state index contributed by atoms with van der Waals surface area (Å²) in [7, 11) is -1.60. The van der Waals surface area contributed by atoms with E-state index in [0.29, 0.717) is 24.2 Å². The van der Waals surface area contributed by atoms with Gasteiger partial charge >= 0.3 is 0 Å². The van der Waals surface area contributed by atoms with Crippen LogP contribution in [-0.4, -0.2) is 28.5 Å². The van der Waals surface area contributed by atoms with Gasteiger partial charge in [0.05, 0.1) is 10.6 Å². The number of nitrogens with zero attached hydrogens (tertiary/aromatic N) is 3. The first kappa shape index (κ1) is 20.6. The molecule has 4 rings (SSSR count). The Balaban J connectivity index is 1.79. The van der Waals surface area contributed by atoms with Crippen molar-refractivity contribution in [1.82, 2.24) is 19.9 Å². The maximum atomic E-state index is 13.4. The molecule has 1 amide bonds. The maximum Gasteiger partial charge on any atom is 0.276 e. The van der Waals surface area contributed by atoms with Gasteiger partial charge in [-0.1, -0.05) is 43.6 Å². The van der Waals surface area contributed by atoms with Crippen LogP contribution in [0.5, 0.6) is 0 Å². The minimum absolute atomic E-state index is 0.232. The fourth-order valence-electron chi connectivity index (χ4n) is 4.01. The van der Waals surface area contributed by atoms with E-state index < -0.39 is 13.7 Å². The van der Waals surface area contributed by atoms with Crippen LogP contribution in [0.3, 0.4) is 0 Å². The third-order valence-corrected chi connectivity index (χ3v) is 6.53. The lowest BCUT2D eigenvalue weighted by Gasteiger charge is -2.35. The van der Waals surface area contributed by atoms with Crippen molar-refractivity contribution in [3.63, 3.8) is 0 Å². The molecule has 2 aromatic rings. The van der Waals surface area contributed by atoms with E-state index in [2.05, 4.69) is 51.7 Å². The summed E-state index contributed by atoms with van der Waals surface area (Å²) < 4.78 is 1.55. The number of hydrogen-bond donors (Lipinski definition) is 2. The molecule has 1 aliphatic carbocycles. The van der Waals surface area contributed by atoms with Gasteiger partial charge in [0.1, 0.15) is 37.3 Å². The molecule has 1 spiro atoms. The minimum atomic E-state index is -1.60. The molecule has 0 radical (unpaired) electrons. The summed E-state index contributed by atoms with van der Waals surface area (Å²) in [6, 6.07) is 1.50. The zero-order valence-electron chi connectivity index (χ0n) is 17.3.